The molecule has 1 aliphatic rings. The average Bonchev–Trinajstić information content (AvgIpc) is 2.51. The van der Waals surface area contributed by atoms with E-state index in [1.54, 1.807) is 7.11 Å². The number of rotatable bonds is 10. The van der Waals surface area contributed by atoms with Crippen molar-refractivity contribution in [3.8, 4) is 0 Å². The van der Waals surface area contributed by atoms with E-state index in [9.17, 15) is 4.79 Å². The summed E-state index contributed by atoms with van der Waals surface area (Å²) in [6, 6.07) is 0.430. The van der Waals surface area contributed by atoms with E-state index >= 15 is 0 Å². The van der Waals surface area contributed by atoms with Gasteiger partial charge in [0.15, 0.2) is 0 Å². The summed E-state index contributed by atoms with van der Waals surface area (Å²) in [7, 11) is 1.72. The van der Waals surface area contributed by atoms with E-state index in [-0.39, 0.29) is 11.9 Å². The minimum atomic E-state index is -0.0311. The fourth-order valence-corrected chi connectivity index (χ4v) is 2.88. The van der Waals surface area contributed by atoms with Gasteiger partial charge in [-0.25, -0.2) is 0 Å². The van der Waals surface area contributed by atoms with Crippen LogP contribution in [0.2, 0.25) is 0 Å². The van der Waals surface area contributed by atoms with Crippen LogP contribution in [0.5, 0.6) is 0 Å². The molecule has 2 N–H and O–H groups in total. The number of ether oxygens (including phenoxy) is 1. The molecule has 1 saturated heterocycles. The van der Waals surface area contributed by atoms with Crippen molar-refractivity contribution in [2.75, 3.05) is 39.9 Å². The first-order chi connectivity index (χ1) is 10.2. The molecule has 2 atom stereocenters. The van der Waals surface area contributed by atoms with Gasteiger partial charge in [0.05, 0.1) is 12.6 Å². The maximum absolute atomic E-state index is 12.2. The Morgan fingerprint density at radius 2 is 2.19 bits per heavy atom. The number of carbonyl (C=O) groups excluding carboxylic acids is 1. The van der Waals surface area contributed by atoms with Gasteiger partial charge in [0.2, 0.25) is 5.91 Å². The molecule has 0 aromatic rings. The van der Waals surface area contributed by atoms with Crippen molar-refractivity contribution >= 4 is 5.91 Å². The molecule has 5 nitrogen and oxygen atoms in total. The van der Waals surface area contributed by atoms with Gasteiger partial charge in [0, 0.05) is 32.8 Å². The molecule has 1 rings (SSSR count). The molecule has 0 aromatic carbocycles. The number of amides is 1. The minimum Gasteiger partial charge on any atom is -0.383 e. The van der Waals surface area contributed by atoms with Gasteiger partial charge in [-0.15, -0.1) is 0 Å². The molecule has 0 bridgehead atoms. The Morgan fingerprint density at radius 1 is 1.38 bits per heavy atom. The predicted molar refractivity (Wildman–Crippen MR) is 86.5 cm³/mol. The van der Waals surface area contributed by atoms with E-state index < -0.39 is 0 Å². The monoisotopic (exact) mass is 299 g/mol. The molecule has 21 heavy (non-hydrogen) atoms. The van der Waals surface area contributed by atoms with Gasteiger partial charge in [-0.2, -0.15) is 0 Å². The summed E-state index contributed by atoms with van der Waals surface area (Å²) in [5.41, 5.74) is 0. The van der Waals surface area contributed by atoms with Gasteiger partial charge in [0.25, 0.3) is 0 Å². The van der Waals surface area contributed by atoms with Crippen LogP contribution in [-0.4, -0.2) is 62.8 Å². The second-order valence-electron chi connectivity index (χ2n) is 5.90. The normalized spacial score (nSPS) is 21.2. The number of unbranched alkanes of at least 4 members (excludes halogenated alkanes) is 1. The van der Waals surface area contributed by atoms with Gasteiger partial charge in [-0.3, -0.25) is 9.69 Å². The number of nitrogens with zero attached hydrogens (tertiary/aromatic N) is 1. The third-order valence-electron chi connectivity index (χ3n) is 4.24. The van der Waals surface area contributed by atoms with Crippen molar-refractivity contribution in [1.82, 2.24) is 15.5 Å². The second-order valence-corrected chi connectivity index (χ2v) is 5.90. The highest BCUT2D eigenvalue weighted by molar-refractivity contribution is 5.81. The molecular weight excluding hydrogens is 266 g/mol. The summed E-state index contributed by atoms with van der Waals surface area (Å²) in [6.45, 7) is 8.55. The molecule has 0 aromatic heterocycles. The van der Waals surface area contributed by atoms with Crippen LogP contribution in [0.4, 0.5) is 0 Å². The molecule has 2 unspecified atom stereocenters. The van der Waals surface area contributed by atoms with Gasteiger partial charge < -0.3 is 15.4 Å². The lowest BCUT2D eigenvalue weighted by Gasteiger charge is -2.39. The van der Waals surface area contributed by atoms with Gasteiger partial charge >= 0.3 is 0 Å². The number of methoxy groups -OCH3 is 1. The van der Waals surface area contributed by atoms with Crippen LogP contribution in [0.1, 0.15) is 46.0 Å². The topological polar surface area (TPSA) is 53.6 Å². The van der Waals surface area contributed by atoms with Crippen LogP contribution < -0.4 is 10.6 Å². The van der Waals surface area contributed by atoms with Crippen LogP contribution in [0, 0.1) is 0 Å². The number of carbonyl (C=O) groups is 1. The van der Waals surface area contributed by atoms with E-state index in [1.165, 1.54) is 19.3 Å². The second kappa shape index (κ2) is 11.0. The number of hydrogen-bond acceptors (Lipinski definition) is 4. The fraction of sp³-hybridized carbons (Fsp3) is 0.938. The van der Waals surface area contributed by atoms with E-state index in [2.05, 4.69) is 22.5 Å². The summed E-state index contributed by atoms with van der Waals surface area (Å²) in [6.07, 6.45) is 5.80. The van der Waals surface area contributed by atoms with Crippen molar-refractivity contribution in [1.29, 1.82) is 0 Å². The highest BCUT2D eigenvalue weighted by atomic mass is 16.5. The molecule has 5 heteroatoms. The van der Waals surface area contributed by atoms with Gasteiger partial charge in [-0.1, -0.05) is 19.8 Å². The zero-order valence-electron chi connectivity index (χ0n) is 14.0. The molecule has 0 radical (unpaired) electrons. The fourth-order valence-electron chi connectivity index (χ4n) is 2.88. The Balaban J connectivity index is 2.41. The lowest BCUT2D eigenvalue weighted by Crippen LogP contribution is -2.54. The van der Waals surface area contributed by atoms with Gasteiger partial charge in [0.1, 0.15) is 0 Å². The number of hydrogen-bond donors (Lipinski definition) is 2. The highest BCUT2D eigenvalue weighted by Crippen LogP contribution is 2.19. The minimum absolute atomic E-state index is 0.0311. The quantitative estimate of drug-likeness (QED) is 0.599. The SMILES string of the molecule is CCCCNC(=O)C(C)N1CCCCC1CNCCOC. The lowest BCUT2D eigenvalue weighted by atomic mass is 9.99. The van der Waals surface area contributed by atoms with Gasteiger partial charge in [-0.05, 0) is 32.7 Å². The van der Waals surface area contributed by atoms with Crippen molar-refractivity contribution < 1.29 is 9.53 Å². The van der Waals surface area contributed by atoms with Crippen LogP contribution in [0.25, 0.3) is 0 Å². The molecular formula is C16H33N3O2. The first kappa shape index (κ1) is 18.4. The lowest BCUT2D eigenvalue weighted by molar-refractivity contribution is -0.127. The van der Waals surface area contributed by atoms with Crippen LogP contribution in [0.15, 0.2) is 0 Å². The Bertz CT molecular complexity index is 287. The van der Waals surface area contributed by atoms with Crippen molar-refractivity contribution in [3.05, 3.63) is 0 Å². The predicted octanol–water partition coefficient (Wildman–Crippen LogP) is 1.38. The standard InChI is InChI=1S/C16H33N3O2/c1-4-5-9-18-16(20)14(2)19-11-7-6-8-15(19)13-17-10-12-21-3/h14-15,17H,4-13H2,1-3H3,(H,18,20). The van der Waals surface area contributed by atoms with E-state index in [1.807, 2.05) is 6.92 Å². The average molecular weight is 299 g/mol. The maximum atomic E-state index is 12.2. The van der Waals surface area contributed by atoms with Crippen LogP contribution in [0.3, 0.4) is 0 Å². The largest absolute Gasteiger partial charge is 0.383 e. The van der Waals surface area contributed by atoms with E-state index in [0.717, 1.165) is 45.6 Å². The summed E-state index contributed by atoms with van der Waals surface area (Å²) < 4.78 is 5.06. The maximum Gasteiger partial charge on any atom is 0.237 e. The summed E-state index contributed by atoms with van der Waals surface area (Å²) in [4.78, 5) is 14.6. The Kier molecular flexibility index (Phi) is 9.63. The van der Waals surface area contributed by atoms with E-state index in [4.69, 9.17) is 4.74 Å². The Hall–Kier alpha value is -0.650. The summed E-state index contributed by atoms with van der Waals surface area (Å²) in [5, 5.41) is 6.49. The highest BCUT2D eigenvalue weighted by Gasteiger charge is 2.29. The first-order valence-electron chi connectivity index (χ1n) is 8.43. The third kappa shape index (κ3) is 6.76. The summed E-state index contributed by atoms with van der Waals surface area (Å²) in [5.74, 6) is 0.173. The molecule has 0 aliphatic carbocycles. The molecule has 0 spiro atoms. The molecule has 1 heterocycles. The van der Waals surface area contributed by atoms with Crippen LogP contribution in [-0.2, 0) is 9.53 Å². The molecule has 1 fully saturated rings. The Morgan fingerprint density at radius 3 is 2.90 bits per heavy atom. The molecule has 1 aliphatic heterocycles. The third-order valence-corrected chi connectivity index (χ3v) is 4.24. The number of likely N-dealkylation sites (tertiary alicyclic amines) is 1. The molecule has 0 saturated carbocycles. The van der Waals surface area contributed by atoms with Crippen molar-refractivity contribution in [2.45, 2.75) is 58.0 Å². The smallest absolute Gasteiger partial charge is 0.237 e. The molecule has 1 amide bonds. The summed E-state index contributed by atoms with van der Waals surface area (Å²) >= 11 is 0. The molecule has 124 valence electrons. The number of nitrogens with one attached hydrogen (secondary N) is 2. The van der Waals surface area contributed by atoms with Crippen molar-refractivity contribution in [2.24, 2.45) is 0 Å². The zero-order chi connectivity index (χ0) is 15.5. The van der Waals surface area contributed by atoms with Crippen molar-refractivity contribution in [3.63, 3.8) is 0 Å². The van der Waals surface area contributed by atoms with E-state index in [0.29, 0.717) is 6.04 Å². The Labute approximate surface area is 129 Å². The van der Waals surface area contributed by atoms with Crippen LogP contribution >= 0.6 is 0 Å². The number of piperidine rings is 1. The zero-order valence-corrected chi connectivity index (χ0v) is 14.0. The first-order valence-corrected chi connectivity index (χ1v) is 8.43.